The van der Waals surface area contributed by atoms with Crippen LogP contribution in [-0.4, -0.2) is 7.05 Å². The summed E-state index contributed by atoms with van der Waals surface area (Å²) in [5, 5.41) is 11.6. The Hall–Kier alpha value is -0.920. The van der Waals surface area contributed by atoms with Gasteiger partial charge in [0.15, 0.2) is 0 Å². The molecular formula is C9H8BrFN2. The van der Waals surface area contributed by atoms with Crippen LogP contribution in [0.25, 0.3) is 0 Å². The lowest BCUT2D eigenvalue weighted by atomic mass is 10.1. The summed E-state index contributed by atoms with van der Waals surface area (Å²) in [5.41, 5.74) is 0.742. The molecule has 1 unspecified atom stereocenters. The molecule has 4 heteroatoms. The highest BCUT2D eigenvalue weighted by atomic mass is 79.9. The summed E-state index contributed by atoms with van der Waals surface area (Å²) in [6.45, 7) is 0. The van der Waals surface area contributed by atoms with Crippen LogP contribution in [-0.2, 0) is 0 Å². The Bertz CT molecular complexity index is 346. The largest absolute Gasteiger partial charge is 0.301 e. The zero-order chi connectivity index (χ0) is 9.84. The van der Waals surface area contributed by atoms with Crippen molar-refractivity contribution in [2.24, 2.45) is 0 Å². The highest BCUT2D eigenvalue weighted by molar-refractivity contribution is 9.10. The van der Waals surface area contributed by atoms with Gasteiger partial charge >= 0.3 is 0 Å². The number of nitrogens with one attached hydrogen (secondary N) is 1. The molecule has 1 aromatic carbocycles. The minimum atomic E-state index is -0.407. The Kier molecular flexibility index (Phi) is 3.40. The van der Waals surface area contributed by atoms with E-state index in [1.54, 1.807) is 13.1 Å². The van der Waals surface area contributed by atoms with Crippen LogP contribution in [0.2, 0.25) is 0 Å². The lowest BCUT2D eigenvalue weighted by Crippen LogP contribution is -2.14. The molecule has 0 aliphatic rings. The molecule has 1 atom stereocenters. The van der Waals surface area contributed by atoms with Crippen LogP contribution in [0.1, 0.15) is 11.6 Å². The molecule has 13 heavy (non-hydrogen) atoms. The van der Waals surface area contributed by atoms with E-state index >= 15 is 0 Å². The van der Waals surface area contributed by atoms with Crippen LogP contribution in [0.5, 0.6) is 0 Å². The minimum absolute atomic E-state index is 0.316. The molecule has 0 aromatic heterocycles. The average Bonchev–Trinajstić information content (AvgIpc) is 2.10. The van der Waals surface area contributed by atoms with Gasteiger partial charge in [0.1, 0.15) is 11.9 Å². The van der Waals surface area contributed by atoms with Crippen LogP contribution in [0.15, 0.2) is 22.7 Å². The Balaban J connectivity index is 3.09. The van der Waals surface area contributed by atoms with Gasteiger partial charge in [-0.3, -0.25) is 0 Å². The second kappa shape index (κ2) is 4.35. The van der Waals surface area contributed by atoms with E-state index in [1.165, 1.54) is 12.1 Å². The molecule has 0 aliphatic carbocycles. The SMILES string of the molecule is CNC(C#N)c1ccc(F)cc1Br. The average molecular weight is 243 g/mol. The van der Waals surface area contributed by atoms with Gasteiger partial charge in [-0.25, -0.2) is 4.39 Å². The van der Waals surface area contributed by atoms with Crippen molar-refractivity contribution in [3.8, 4) is 6.07 Å². The molecule has 0 spiro atoms. The zero-order valence-electron chi connectivity index (χ0n) is 7.01. The van der Waals surface area contributed by atoms with Crippen molar-refractivity contribution in [1.29, 1.82) is 5.26 Å². The van der Waals surface area contributed by atoms with Crippen LogP contribution >= 0.6 is 15.9 Å². The van der Waals surface area contributed by atoms with E-state index < -0.39 is 6.04 Å². The van der Waals surface area contributed by atoms with E-state index in [-0.39, 0.29) is 5.82 Å². The van der Waals surface area contributed by atoms with Crippen molar-refractivity contribution < 1.29 is 4.39 Å². The number of hydrogen-bond donors (Lipinski definition) is 1. The summed E-state index contributed by atoms with van der Waals surface area (Å²) >= 11 is 3.20. The number of nitriles is 1. The number of hydrogen-bond acceptors (Lipinski definition) is 2. The summed E-state index contributed by atoms with van der Waals surface area (Å²) < 4.78 is 13.3. The van der Waals surface area contributed by atoms with Gasteiger partial charge in [-0.1, -0.05) is 22.0 Å². The van der Waals surface area contributed by atoms with Crippen molar-refractivity contribution in [1.82, 2.24) is 5.32 Å². The Morgan fingerprint density at radius 2 is 2.31 bits per heavy atom. The van der Waals surface area contributed by atoms with Crippen LogP contribution in [0.4, 0.5) is 4.39 Å². The van der Waals surface area contributed by atoms with E-state index in [1.807, 2.05) is 0 Å². The number of nitrogens with zero attached hydrogens (tertiary/aromatic N) is 1. The van der Waals surface area contributed by atoms with E-state index in [2.05, 4.69) is 27.3 Å². The maximum Gasteiger partial charge on any atom is 0.124 e. The lowest BCUT2D eigenvalue weighted by molar-refractivity contribution is 0.623. The number of halogens is 2. The van der Waals surface area contributed by atoms with Crippen LogP contribution in [0, 0.1) is 17.1 Å². The van der Waals surface area contributed by atoms with Crippen molar-refractivity contribution in [3.63, 3.8) is 0 Å². The maximum atomic E-state index is 12.7. The van der Waals surface area contributed by atoms with Gasteiger partial charge in [-0.2, -0.15) is 5.26 Å². The van der Waals surface area contributed by atoms with E-state index in [0.29, 0.717) is 4.47 Å². The summed E-state index contributed by atoms with van der Waals surface area (Å²) in [5.74, 6) is -0.316. The van der Waals surface area contributed by atoms with Crippen LogP contribution in [0.3, 0.4) is 0 Å². The molecule has 0 fully saturated rings. The molecule has 1 N–H and O–H groups in total. The number of benzene rings is 1. The molecule has 2 nitrogen and oxygen atoms in total. The van der Waals surface area contributed by atoms with Crippen molar-refractivity contribution in [2.45, 2.75) is 6.04 Å². The van der Waals surface area contributed by atoms with E-state index in [0.717, 1.165) is 5.56 Å². The van der Waals surface area contributed by atoms with Gasteiger partial charge in [-0.05, 0) is 24.7 Å². The highest BCUT2D eigenvalue weighted by Crippen LogP contribution is 2.23. The van der Waals surface area contributed by atoms with Crippen molar-refractivity contribution >= 4 is 15.9 Å². The Morgan fingerprint density at radius 3 is 2.77 bits per heavy atom. The third kappa shape index (κ3) is 2.27. The molecule has 0 radical (unpaired) electrons. The van der Waals surface area contributed by atoms with Crippen molar-refractivity contribution in [2.75, 3.05) is 7.05 Å². The molecule has 0 saturated carbocycles. The van der Waals surface area contributed by atoms with Crippen molar-refractivity contribution in [3.05, 3.63) is 34.1 Å². The second-order valence-electron chi connectivity index (χ2n) is 2.52. The van der Waals surface area contributed by atoms with Gasteiger partial charge in [0.2, 0.25) is 0 Å². The minimum Gasteiger partial charge on any atom is -0.301 e. The van der Waals surface area contributed by atoms with E-state index in [4.69, 9.17) is 5.26 Å². The Labute approximate surface area is 84.5 Å². The fourth-order valence-corrected chi connectivity index (χ4v) is 1.60. The molecule has 68 valence electrons. The maximum absolute atomic E-state index is 12.7. The normalized spacial score (nSPS) is 12.2. The third-order valence-corrected chi connectivity index (χ3v) is 2.38. The quantitative estimate of drug-likeness (QED) is 0.865. The Morgan fingerprint density at radius 1 is 1.62 bits per heavy atom. The monoisotopic (exact) mass is 242 g/mol. The van der Waals surface area contributed by atoms with E-state index in [9.17, 15) is 4.39 Å². The first-order valence-electron chi connectivity index (χ1n) is 3.71. The fraction of sp³-hybridized carbons (Fsp3) is 0.222. The van der Waals surface area contributed by atoms with Crippen LogP contribution < -0.4 is 5.32 Å². The summed E-state index contributed by atoms with van der Waals surface area (Å²) in [4.78, 5) is 0. The molecule has 0 amide bonds. The number of rotatable bonds is 2. The third-order valence-electron chi connectivity index (χ3n) is 1.69. The van der Waals surface area contributed by atoms with Gasteiger partial charge in [0.25, 0.3) is 0 Å². The molecule has 0 heterocycles. The summed E-state index contributed by atoms with van der Waals surface area (Å²) in [7, 11) is 1.68. The lowest BCUT2D eigenvalue weighted by Gasteiger charge is -2.09. The van der Waals surface area contributed by atoms with Gasteiger partial charge in [-0.15, -0.1) is 0 Å². The molecule has 0 aliphatic heterocycles. The predicted molar refractivity (Wildman–Crippen MR) is 51.5 cm³/mol. The van der Waals surface area contributed by atoms with Gasteiger partial charge < -0.3 is 5.32 Å². The molecular weight excluding hydrogens is 235 g/mol. The predicted octanol–water partition coefficient (Wildman–Crippen LogP) is 2.37. The highest BCUT2D eigenvalue weighted by Gasteiger charge is 2.11. The fourth-order valence-electron chi connectivity index (χ4n) is 1.03. The summed E-state index contributed by atoms with van der Waals surface area (Å²) in [6.07, 6.45) is 0. The topological polar surface area (TPSA) is 35.8 Å². The first-order chi connectivity index (χ1) is 6.19. The first kappa shape index (κ1) is 10.2. The standard InChI is InChI=1S/C9H8BrFN2/c1-13-9(5-12)7-3-2-6(11)4-8(7)10/h2-4,9,13H,1H3. The van der Waals surface area contributed by atoms with Gasteiger partial charge in [0.05, 0.1) is 6.07 Å². The van der Waals surface area contributed by atoms with Gasteiger partial charge in [0, 0.05) is 4.47 Å². The molecule has 0 saturated heterocycles. The molecule has 1 rings (SSSR count). The smallest absolute Gasteiger partial charge is 0.124 e. The molecule has 1 aromatic rings. The molecule has 0 bridgehead atoms. The zero-order valence-corrected chi connectivity index (χ0v) is 8.60. The second-order valence-corrected chi connectivity index (χ2v) is 3.37. The first-order valence-corrected chi connectivity index (χ1v) is 4.50. The summed E-state index contributed by atoms with van der Waals surface area (Å²) in [6, 6.07) is 5.92.